The number of rotatable bonds is 1. The molecule has 2 heterocycles. The second-order valence-electron chi connectivity index (χ2n) is 3.13. The van der Waals surface area contributed by atoms with E-state index < -0.39 is 0 Å². The van der Waals surface area contributed by atoms with Gasteiger partial charge in [0.25, 0.3) is 5.56 Å². The number of nitrogens with two attached hydrogens (primary N) is 1. The van der Waals surface area contributed by atoms with E-state index in [2.05, 4.69) is 26.0 Å². The van der Waals surface area contributed by atoms with Gasteiger partial charge in [0.2, 0.25) is 0 Å². The first-order valence-corrected chi connectivity index (χ1v) is 5.08. The maximum atomic E-state index is 11.6. The first-order valence-electron chi connectivity index (χ1n) is 4.28. The van der Waals surface area contributed by atoms with Crippen LogP contribution in [0.3, 0.4) is 0 Å². The van der Waals surface area contributed by atoms with Crippen molar-refractivity contribution in [3.8, 4) is 5.82 Å². The Labute approximate surface area is 94.0 Å². The highest BCUT2D eigenvalue weighted by molar-refractivity contribution is 9.10. The summed E-state index contributed by atoms with van der Waals surface area (Å²) in [4.78, 5) is 15.7. The fraction of sp³-hybridized carbons (Fsp3) is 0.111. The molecule has 0 aromatic carbocycles. The molecular weight excluding hydrogens is 260 g/mol. The molecule has 78 valence electrons. The zero-order chi connectivity index (χ0) is 11.0. The lowest BCUT2D eigenvalue weighted by Gasteiger charge is -1.99. The van der Waals surface area contributed by atoms with Gasteiger partial charge in [-0.15, -0.1) is 0 Å². The molecule has 0 saturated carbocycles. The third-order valence-electron chi connectivity index (χ3n) is 2.06. The number of aryl methyl sites for hydroxylation is 1. The lowest BCUT2D eigenvalue weighted by atomic mass is 10.4. The molecular formula is C9H9BrN4O. The summed E-state index contributed by atoms with van der Waals surface area (Å²) < 4.78 is 2.17. The van der Waals surface area contributed by atoms with E-state index in [1.807, 2.05) is 0 Å². The molecule has 0 aliphatic rings. The van der Waals surface area contributed by atoms with E-state index in [-0.39, 0.29) is 11.2 Å². The van der Waals surface area contributed by atoms with E-state index in [4.69, 9.17) is 5.73 Å². The predicted molar refractivity (Wildman–Crippen MR) is 61.0 cm³/mol. The van der Waals surface area contributed by atoms with E-state index in [0.29, 0.717) is 11.5 Å². The van der Waals surface area contributed by atoms with Crippen LogP contribution in [-0.2, 0) is 0 Å². The number of aromatic nitrogens is 3. The van der Waals surface area contributed by atoms with E-state index in [0.717, 1.165) is 4.47 Å². The van der Waals surface area contributed by atoms with Crippen molar-refractivity contribution in [2.24, 2.45) is 0 Å². The van der Waals surface area contributed by atoms with Crippen LogP contribution in [0.5, 0.6) is 0 Å². The second kappa shape index (κ2) is 3.54. The summed E-state index contributed by atoms with van der Waals surface area (Å²) in [6, 6.07) is 3.53. The monoisotopic (exact) mass is 268 g/mol. The van der Waals surface area contributed by atoms with E-state index in [1.165, 1.54) is 4.68 Å². The quantitative estimate of drug-likeness (QED) is 0.817. The summed E-state index contributed by atoms with van der Waals surface area (Å²) in [5.74, 6) is 0.517. The van der Waals surface area contributed by atoms with Gasteiger partial charge >= 0.3 is 0 Å². The molecule has 3 N–H and O–H groups in total. The number of nitrogens with zero attached hydrogens (tertiary/aromatic N) is 2. The van der Waals surface area contributed by atoms with Crippen LogP contribution in [0, 0.1) is 6.92 Å². The van der Waals surface area contributed by atoms with Gasteiger partial charge in [0.15, 0.2) is 5.82 Å². The first-order chi connectivity index (χ1) is 7.09. The van der Waals surface area contributed by atoms with Crippen LogP contribution < -0.4 is 11.3 Å². The summed E-state index contributed by atoms with van der Waals surface area (Å²) in [7, 11) is 0. The number of hydrogen-bond acceptors (Lipinski definition) is 3. The van der Waals surface area contributed by atoms with Crippen molar-refractivity contribution in [1.82, 2.24) is 14.8 Å². The van der Waals surface area contributed by atoms with Gasteiger partial charge in [-0.05, 0) is 35.0 Å². The van der Waals surface area contributed by atoms with Crippen molar-refractivity contribution < 1.29 is 0 Å². The third kappa shape index (κ3) is 1.68. The Hall–Kier alpha value is -1.56. The zero-order valence-corrected chi connectivity index (χ0v) is 9.58. The zero-order valence-electron chi connectivity index (χ0n) is 7.99. The molecule has 6 heteroatoms. The second-order valence-corrected chi connectivity index (χ2v) is 4.04. The van der Waals surface area contributed by atoms with Crippen LogP contribution in [0.4, 0.5) is 5.69 Å². The van der Waals surface area contributed by atoms with Gasteiger partial charge < -0.3 is 5.73 Å². The average Bonchev–Trinajstić information content (AvgIpc) is 2.47. The topological polar surface area (TPSA) is 76.7 Å². The van der Waals surface area contributed by atoms with Gasteiger partial charge in [-0.25, -0.2) is 4.98 Å². The summed E-state index contributed by atoms with van der Waals surface area (Å²) in [5.41, 5.74) is 6.16. The highest BCUT2D eigenvalue weighted by atomic mass is 79.9. The Kier molecular flexibility index (Phi) is 2.36. The highest BCUT2D eigenvalue weighted by Crippen LogP contribution is 2.10. The van der Waals surface area contributed by atoms with Gasteiger partial charge in [0.1, 0.15) is 5.69 Å². The SMILES string of the molecule is Cc1[nH]n(-c2ccc(Br)cn2)c(=O)c1N. The van der Waals surface area contributed by atoms with Crippen LogP contribution >= 0.6 is 15.9 Å². The van der Waals surface area contributed by atoms with Crippen molar-refractivity contribution in [3.05, 3.63) is 38.9 Å². The molecule has 0 amide bonds. The van der Waals surface area contributed by atoms with Crippen LogP contribution in [-0.4, -0.2) is 14.8 Å². The number of pyridine rings is 1. The molecule has 2 aromatic heterocycles. The summed E-state index contributed by atoms with van der Waals surface area (Å²) in [5, 5.41) is 2.85. The molecule has 0 bridgehead atoms. The number of nitrogen functional groups attached to an aromatic ring is 1. The minimum Gasteiger partial charge on any atom is -0.393 e. The Balaban J connectivity index is 2.59. The van der Waals surface area contributed by atoms with Crippen molar-refractivity contribution in [3.63, 3.8) is 0 Å². The molecule has 2 aromatic rings. The summed E-state index contributed by atoms with van der Waals surface area (Å²) in [6.07, 6.45) is 1.62. The fourth-order valence-electron chi connectivity index (χ4n) is 1.22. The molecule has 15 heavy (non-hydrogen) atoms. The smallest absolute Gasteiger partial charge is 0.296 e. The van der Waals surface area contributed by atoms with Crippen molar-refractivity contribution in [2.45, 2.75) is 6.92 Å². The Bertz CT molecular complexity index is 540. The van der Waals surface area contributed by atoms with Gasteiger partial charge in [-0.2, -0.15) is 4.68 Å². The highest BCUT2D eigenvalue weighted by Gasteiger charge is 2.09. The number of anilines is 1. The Morgan fingerprint density at radius 3 is 2.73 bits per heavy atom. The minimum absolute atomic E-state index is 0.222. The van der Waals surface area contributed by atoms with Crippen LogP contribution in [0.25, 0.3) is 5.82 Å². The van der Waals surface area contributed by atoms with E-state index in [1.54, 1.807) is 25.3 Å². The number of halogens is 1. The maximum Gasteiger partial charge on any atom is 0.296 e. The molecule has 2 rings (SSSR count). The number of hydrogen-bond donors (Lipinski definition) is 2. The molecule has 0 spiro atoms. The van der Waals surface area contributed by atoms with Gasteiger partial charge in [0, 0.05) is 10.7 Å². The molecule has 0 radical (unpaired) electrons. The van der Waals surface area contributed by atoms with Crippen LogP contribution in [0.2, 0.25) is 0 Å². The van der Waals surface area contributed by atoms with E-state index >= 15 is 0 Å². The third-order valence-corrected chi connectivity index (χ3v) is 2.53. The lowest BCUT2D eigenvalue weighted by molar-refractivity contribution is 0.806. The number of nitrogens with one attached hydrogen (secondary N) is 1. The summed E-state index contributed by atoms with van der Waals surface area (Å²) >= 11 is 3.27. The van der Waals surface area contributed by atoms with E-state index in [9.17, 15) is 4.79 Å². The van der Waals surface area contributed by atoms with Gasteiger partial charge in [0.05, 0.1) is 5.69 Å². The predicted octanol–water partition coefficient (Wildman–Crippen LogP) is 1.21. The van der Waals surface area contributed by atoms with Crippen LogP contribution in [0.1, 0.15) is 5.69 Å². The molecule has 0 unspecified atom stereocenters. The van der Waals surface area contributed by atoms with Crippen molar-refractivity contribution >= 4 is 21.6 Å². The summed E-state index contributed by atoms with van der Waals surface area (Å²) in [6.45, 7) is 1.74. The normalized spacial score (nSPS) is 10.5. The molecule has 0 saturated heterocycles. The standard InChI is InChI=1S/C9H9BrN4O/c1-5-8(11)9(15)14(13-5)7-3-2-6(10)4-12-7/h2-4,13H,11H2,1H3. The first kappa shape index (κ1) is 9.97. The number of aromatic amines is 1. The Morgan fingerprint density at radius 1 is 1.53 bits per heavy atom. The molecule has 0 aliphatic carbocycles. The number of H-pyrrole nitrogens is 1. The molecule has 5 nitrogen and oxygen atoms in total. The van der Waals surface area contributed by atoms with Gasteiger partial charge in [-0.3, -0.25) is 9.89 Å². The minimum atomic E-state index is -0.276. The maximum absolute atomic E-state index is 11.6. The largest absolute Gasteiger partial charge is 0.393 e. The Morgan fingerprint density at radius 2 is 2.27 bits per heavy atom. The molecule has 0 aliphatic heterocycles. The van der Waals surface area contributed by atoms with Crippen molar-refractivity contribution in [2.75, 3.05) is 5.73 Å². The van der Waals surface area contributed by atoms with Crippen molar-refractivity contribution in [1.29, 1.82) is 0 Å². The van der Waals surface area contributed by atoms with Gasteiger partial charge in [-0.1, -0.05) is 0 Å². The molecule has 0 atom stereocenters. The lowest BCUT2D eigenvalue weighted by Crippen LogP contribution is -2.17. The fourth-order valence-corrected chi connectivity index (χ4v) is 1.46. The average molecular weight is 269 g/mol. The molecule has 0 fully saturated rings. The van der Waals surface area contributed by atoms with Crippen LogP contribution in [0.15, 0.2) is 27.6 Å².